The third-order valence-corrected chi connectivity index (χ3v) is 2.69. The summed E-state index contributed by atoms with van der Waals surface area (Å²) in [4.78, 5) is 12.8. The number of carbonyl (C=O) groups is 1. The lowest BCUT2D eigenvalue weighted by molar-refractivity contribution is -0.143. The molecule has 0 bridgehead atoms. The van der Waals surface area contributed by atoms with Gasteiger partial charge in [0.05, 0.1) is 5.92 Å². The topological polar surface area (TPSA) is 40.5 Å². The maximum atomic E-state index is 10.7. The summed E-state index contributed by atoms with van der Waals surface area (Å²) in [5, 5.41) is 8.85. The maximum absolute atomic E-state index is 10.7. The van der Waals surface area contributed by atoms with Gasteiger partial charge in [0.25, 0.3) is 0 Å². The van der Waals surface area contributed by atoms with Gasteiger partial charge in [-0.15, -0.1) is 0 Å². The van der Waals surface area contributed by atoms with Crippen molar-refractivity contribution in [3.63, 3.8) is 0 Å². The highest BCUT2D eigenvalue weighted by molar-refractivity contribution is 5.71. The van der Waals surface area contributed by atoms with Crippen LogP contribution in [0.15, 0.2) is 0 Å². The molecule has 3 atom stereocenters. The predicted octanol–water partition coefficient (Wildman–Crippen LogP) is 0.657. The Balaban J connectivity index is 2.71. The fraction of sp³-hybridized carbons (Fsp3) is 0.875. The lowest BCUT2D eigenvalue weighted by Gasteiger charge is -2.17. The van der Waals surface area contributed by atoms with Crippen molar-refractivity contribution in [1.29, 1.82) is 0 Å². The summed E-state index contributed by atoms with van der Waals surface area (Å²) in [7, 11) is 1.98. The van der Waals surface area contributed by atoms with E-state index in [4.69, 9.17) is 5.11 Å². The largest absolute Gasteiger partial charge is 0.481 e. The zero-order valence-electron chi connectivity index (χ0n) is 7.24. The Labute approximate surface area is 67.0 Å². The van der Waals surface area contributed by atoms with Gasteiger partial charge in [-0.1, -0.05) is 6.92 Å². The summed E-state index contributed by atoms with van der Waals surface area (Å²) in [6.45, 7) is 4.87. The SMILES string of the molecule is C[C@H]1CN(C)[C@@H](C)C1C(=O)O. The van der Waals surface area contributed by atoms with E-state index in [1.807, 2.05) is 20.9 Å². The van der Waals surface area contributed by atoms with Gasteiger partial charge in [0.2, 0.25) is 0 Å². The molecule has 1 heterocycles. The van der Waals surface area contributed by atoms with E-state index in [9.17, 15) is 4.79 Å². The van der Waals surface area contributed by atoms with Gasteiger partial charge >= 0.3 is 5.97 Å². The molecule has 1 saturated heterocycles. The molecule has 1 rings (SSSR count). The van der Waals surface area contributed by atoms with Crippen molar-refractivity contribution in [1.82, 2.24) is 4.90 Å². The fourth-order valence-electron chi connectivity index (χ4n) is 1.93. The van der Waals surface area contributed by atoms with E-state index < -0.39 is 5.97 Å². The molecule has 0 aromatic carbocycles. The van der Waals surface area contributed by atoms with Crippen LogP contribution in [0.25, 0.3) is 0 Å². The summed E-state index contributed by atoms with van der Waals surface area (Å²) < 4.78 is 0. The number of nitrogens with zero attached hydrogens (tertiary/aromatic N) is 1. The highest BCUT2D eigenvalue weighted by Crippen LogP contribution is 2.27. The van der Waals surface area contributed by atoms with Crippen LogP contribution in [0.4, 0.5) is 0 Å². The molecule has 0 amide bonds. The smallest absolute Gasteiger partial charge is 0.308 e. The van der Waals surface area contributed by atoms with Gasteiger partial charge in [-0.05, 0) is 19.9 Å². The lowest BCUT2D eigenvalue weighted by atomic mass is 9.93. The Kier molecular flexibility index (Phi) is 2.18. The molecule has 0 aromatic heterocycles. The molecular weight excluding hydrogens is 142 g/mol. The van der Waals surface area contributed by atoms with Gasteiger partial charge in [0.1, 0.15) is 0 Å². The second-order valence-electron chi connectivity index (χ2n) is 3.52. The van der Waals surface area contributed by atoms with Crippen LogP contribution in [0.2, 0.25) is 0 Å². The van der Waals surface area contributed by atoms with E-state index >= 15 is 0 Å². The van der Waals surface area contributed by atoms with Crippen LogP contribution in [0, 0.1) is 11.8 Å². The molecule has 1 N–H and O–H groups in total. The summed E-state index contributed by atoms with van der Waals surface area (Å²) in [5.41, 5.74) is 0. The molecule has 1 fully saturated rings. The second-order valence-corrected chi connectivity index (χ2v) is 3.52. The molecule has 3 heteroatoms. The van der Waals surface area contributed by atoms with Crippen molar-refractivity contribution in [2.75, 3.05) is 13.6 Å². The predicted molar refractivity (Wildman–Crippen MR) is 42.4 cm³/mol. The minimum Gasteiger partial charge on any atom is -0.481 e. The van der Waals surface area contributed by atoms with Crippen LogP contribution < -0.4 is 0 Å². The highest BCUT2D eigenvalue weighted by atomic mass is 16.4. The quantitative estimate of drug-likeness (QED) is 0.607. The molecule has 1 unspecified atom stereocenters. The number of likely N-dealkylation sites (tertiary alicyclic amines) is 1. The van der Waals surface area contributed by atoms with Crippen LogP contribution in [0.3, 0.4) is 0 Å². The van der Waals surface area contributed by atoms with Crippen LogP contribution in [-0.4, -0.2) is 35.6 Å². The summed E-state index contributed by atoms with van der Waals surface area (Å²) in [5.74, 6) is -0.554. The summed E-state index contributed by atoms with van der Waals surface area (Å²) >= 11 is 0. The molecule has 1 aliphatic rings. The first-order chi connectivity index (χ1) is 5.04. The minimum atomic E-state index is -0.658. The fourth-order valence-corrected chi connectivity index (χ4v) is 1.93. The number of aliphatic carboxylic acids is 1. The Morgan fingerprint density at radius 1 is 1.55 bits per heavy atom. The molecule has 0 aromatic rings. The number of rotatable bonds is 1. The van der Waals surface area contributed by atoms with Gasteiger partial charge in [-0.3, -0.25) is 4.79 Å². The standard InChI is InChI=1S/C8H15NO2/c1-5-4-9(3)6(2)7(5)8(10)11/h5-7H,4H2,1-3H3,(H,10,11)/t5-,6-,7?/m0/s1. The first-order valence-corrected chi connectivity index (χ1v) is 3.97. The summed E-state index contributed by atoms with van der Waals surface area (Å²) in [6, 6.07) is 0.183. The average Bonchev–Trinajstić information content (AvgIpc) is 2.07. The number of hydrogen-bond donors (Lipinski definition) is 1. The van der Waals surface area contributed by atoms with Crippen molar-refractivity contribution in [2.24, 2.45) is 11.8 Å². The third kappa shape index (κ3) is 1.38. The second kappa shape index (κ2) is 2.81. The van der Waals surface area contributed by atoms with Gasteiger partial charge in [0.15, 0.2) is 0 Å². The Morgan fingerprint density at radius 3 is 2.27 bits per heavy atom. The van der Waals surface area contributed by atoms with E-state index in [0.717, 1.165) is 6.54 Å². The van der Waals surface area contributed by atoms with Crippen LogP contribution >= 0.6 is 0 Å². The van der Waals surface area contributed by atoms with Crippen LogP contribution in [-0.2, 0) is 4.79 Å². The van der Waals surface area contributed by atoms with Gasteiger partial charge in [-0.2, -0.15) is 0 Å². The van der Waals surface area contributed by atoms with Gasteiger partial charge in [0, 0.05) is 12.6 Å². The van der Waals surface area contributed by atoms with E-state index in [1.165, 1.54) is 0 Å². The number of hydrogen-bond acceptors (Lipinski definition) is 2. The Hall–Kier alpha value is -0.570. The molecule has 0 saturated carbocycles. The zero-order valence-corrected chi connectivity index (χ0v) is 7.24. The normalized spacial score (nSPS) is 39.4. The molecule has 11 heavy (non-hydrogen) atoms. The first-order valence-electron chi connectivity index (χ1n) is 3.97. The monoisotopic (exact) mass is 157 g/mol. The minimum absolute atomic E-state index is 0.181. The molecule has 3 nitrogen and oxygen atoms in total. The third-order valence-electron chi connectivity index (χ3n) is 2.69. The number of carboxylic acid groups (broad SMARTS) is 1. The van der Waals surface area contributed by atoms with Crippen molar-refractivity contribution in [2.45, 2.75) is 19.9 Å². The first kappa shape index (κ1) is 8.53. The van der Waals surface area contributed by atoms with Gasteiger partial charge in [-0.25, -0.2) is 0 Å². The maximum Gasteiger partial charge on any atom is 0.308 e. The average molecular weight is 157 g/mol. The molecule has 64 valence electrons. The van der Waals surface area contributed by atoms with E-state index in [-0.39, 0.29) is 17.9 Å². The Bertz CT molecular complexity index is 169. The van der Waals surface area contributed by atoms with Crippen molar-refractivity contribution in [3.8, 4) is 0 Å². The highest BCUT2D eigenvalue weighted by Gasteiger charge is 2.39. The molecule has 0 aliphatic carbocycles. The Morgan fingerprint density at radius 2 is 2.09 bits per heavy atom. The van der Waals surface area contributed by atoms with Crippen molar-refractivity contribution >= 4 is 5.97 Å². The van der Waals surface area contributed by atoms with Crippen molar-refractivity contribution in [3.05, 3.63) is 0 Å². The molecule has 0 spiro atoms. The lowest BCUT2D eigenvalue weighted by Crippen LogP contribution is -2.30. The van der Waals surface area contributed by atoms with Gasteiger partial charge < -0.3 is 10.0 Å². The van der Waals surface area contributed by atoms with Crippen LogP contribution in [0.1, 0.15) is 13.8 Å². The molecular formula is C8H15NO2. The molecule has 1 aliphatic heterocycles. The van der Waals surface area contributed by atoms with Crippen LogP contribution in [0.5, 0.6) is 0 Å². The zero-order chi connectivity index (χ0) is 8.59. The summed E-state index contributed by atoms with van der Waals surface area (Å²) in [6.07, 6.45) is 0. The van der Waals surface area contributed by atoms with E-state index in [1.54, 1.807) is 0 Å². The molecule has 0 radical (unpaired) electrons. The van der Waals surface area contributed by atoms with Crippen molar-refractivity contribution < 1.29 is 9.90 Å². The van der Waals surface area contributed by atoms with E-state index in [0.29, 0.717) is 0 Å². The number of carboxylic acids is 1. The van der Waals surface area contributed by atoms with E-state index in [2.05, 4.69) is 4.90 Å².